The fourth-order valence-corrected chi connectivity index (χ4v) is 2.30. The van der Waals surface area contributed by atoms with E-state index in [2.05, 4.69) is 43.2 Å². The predicted molar refractivity (Wildman–Crippen MR) is 63.7 cm³/mol. The minimum absolute atomic E-state index is 0.616. The zero-order valence-electron chi connectivity index (χ0n) is 9.50. The summed E-state index contributed by atoms with van der Waals surface area (Å²) in [5, 5.41) is 3.17. The fourth-order valence-electron chi connectivity index (χ4n) is 1.20. The van der Waals surface area contributed by atoms with Crippen LogP contribution in [0.25, 0.3) is 0 Å². The van der Waals surface area contributed by atoms with Gasteiger partial charge in [0.2, 0.25) is 0 Å². The Kier molecular flexibility index (Phi) is 4.58. The van der Waals surface area contributed by atoms with Crippen LogP contribution in [0.3, 0.4) is 0 Å². The first-order valence-corrected chi connectivity index (χ1v) is 5.87. The van der Waals surface area contributed by atoms with Gasteiger partial charge in [-0.15, -0.1) is 11.3 Å². The Balaban J connectivity index is 2.50. The third-order valence-electron chi connectivity index (χ3n) is 2.36. The highest BCUT2D eigenvalue weighted by atomic mass is 32.1. The van der Waals surface area contributed by atoms with Crippen LogP contribution in [0.1, 0.15) is 23.6 Å². The molecule has 0 aliphatic carbocycles. The summed E-state index contributed by atoms with van der Waals surface area (Å²) in [6, 6.07) is 5.06. The highest BCUT2D eigenvalue weighted by Gasteiger charge is 2.06. The summed E-state index contributed by atoms with van der Waals surface area (Å²) in [5.74, 6) is 0. The van der Waals surface area contributed by atoms with Gasteiger partial charge in [0.05, 0.1) is 0 Å². The van der Waals surface area contributed by atoms with Crippen molar-refractivity contribution in [3.05, 3.63) is 21.9 Å². The molecule has 0 saturated carbocycles. The third-order valence-corrected chi connectivity index (χ3v) is 3.43. The first kappa shape index (κ1) is 11.7. The van der Waals surface area contributed by atoms with Gasteiger partial charge in [0.25, 0.3) is 0 Å². The van der Waals surface area contributed by atoms with E-state index in [0.29, 0.717) is 6.04 Å². The Labute approximate surface area is 90.9 Å². The second-order valence-electron chi connectivity index (χ2n) is 3.91. The average molecular weight is 212 g/mol. The van der Waals surface area contributed by atoms with E-state index in [0.717, 1.165) is 13.1 Å². The van der Waals surface area contributed by atoms with E-state index in [1.54, 1.807) is 0 Å². The first-order valence-electron chi connectivity index (χ1n) is 5.06. The molecular formula is C11H20N2S. The number of rotatable bonds is 5. The van der Waals surface area contributed by atoms with Crippen LogP contribution in [0.4, 0.5) is 0 Å². The van der Waals surface area contributed by atoms with Crippen molar-refractivity contribution < 1.29 is 0 Å². The second kappa shape index (κ2) is 5.49. The molecule has 1 rings (SSSR count). The monoisotopic (exact) mass is 212 g/mol. The Morgan fingerprint density at radius 3 is 2.57 bits per heavy atom. The quantitative estimate of drug-likeness (QED) is 0.806. The van der Waals surface area contributed by atoms with Crippen LogP contribution in [-0.2, 0) is 13.1 Å². The first-order chi connectivity index (χ1) is 6.63. The summed E-state index contributed by atoms with van der Waals surface area (Å²) in [6.07, 6.45) is 0. The van der Waals surface area contributed by atoms with Gasteiger partial charge in [0.1, 0.15) is 0 Å². The molecule has 0 aromatic carbocycles. The molecule has 0 aliphatic rings. The third kappa shape index (κ3) is 3.40. The van der Waals surface area contributed by atoms with Crippen LogP contribution in [0, 0.1) is 0 Å². The van der Waals surface area contributed by atoms with Crippen molar-refractivity contribution in [2.24, 2.45) is 0 Å². The maximum Gasteiger partial charge on any atom is 0.0327 e. The molecule has 14 heavy (non-hydrogen) atoms. The SMILES string of the molecule is CNCc1ccc(CN(C)C(C)C)s1. The molecule has 1 aromatic heterocycles. The molecule has 0 bridgehead atoms. The zero-order chi connectivity index (χ0) is 10.6. The van der Waals surface area contributed by atoms with Gasteiger partial charge in [-0.2, -0.15) is 0 Å². The van der Waals surface area contributed by atoms with Gasteiger partial charge in [-0.05, 0) is 40.1 Å². The minimum Gasteiger partial charge on any atom is -0.315 e. The Morgan fingerprint density at radius 2 is 2.00 bits per heavy atom. The maximum atomic E-state index is 3.17. The van der Waals surface area contributed by atoms with E-state index in [1.807, 2.05) is 18.4 Å². The highest BCUT2D eigenvalue weighted by Crippen LogP contribution is 2.18. The van der Waals surface area contributed by atoms with Crippen molar-refractivity contribution in [3.63, 3.8) is 0 Å². The van der Waals surface area contributed by atoms with Crippen LogP contribution in [0.15, 0.2) is 12.1 Å². The lowest BCUT2D eigenvalue weighted by molar-refractivity contribution is 0.268. The van der Waals surface area contributed by atoms with E-state index in [9.17, 15) is 0 Å². The number of thiophene rings is 1. The molecule has 80 valence electrons. The van der Waals surface area contributed by atoms with Gasteiger partial charge in [-0.3, -0.25) is 4.90 Å². The van der Waals surface area contributed by atoms with Gasteiger partial charge >= 0.3 is 0 Å². The summed E-state index contributed by atoms with van der Waals surface area (Å²) in [5.41, 5.74) is 0. The van der Waals surface area contributed by atoms with E-state index < -0.39 is 0 Å². The maximum absolute atomic E-state index is 3.17. The molecule has 0 saturated heterocycles. The molecule has 0 spiro atoms. The van der Waals surface area contributed by atoms with Crippen LogP contribution in [0.5, 0.6) is 0 Å². The normalized spacial score (nSPS) is 11.6. The fraction of sp³-hybridized carbons (Fsp3) is 0.636. The zero-order valence-corrected chi connectivity index (χ0v) is 10.3. The lowest BCUT2D eigenvalue weighted by Gasteiger charge is -2.19. The Bertz CT molecular complexity index is 268. The van der Waals surface area contributed by atoms with E-state index in [-0.39, 0.29) is 0 Å². The van der Waals surface area contributed by atoms with Crippen LogP contribution < -0.4 is 5.32 Å². The Hall–Kier alpha value is -0.380. The lowest BCUT2D eigenvalue weighted by atomic mass is 10.3. The molecule has 0 aliphatic heterocycles. The number of nitrogens with one attached hydrogen (secondary N) is 1. The van der Waals surface area contributed by atoms with Gasteiger partial charge in [0, 0.05) is 28.9 Å². The minimum atomic E-state index is 0.616. The largest absolute Gasteiger partial charge is 0.315 e. The average Bonchev–Trinajstić information content (AvgIpc) is 2.53. The van der Waals surface area contributed by atoms with Crippen LogP contribution in [0.2, 0.25) is 0 Å². The predicted octanol–water partition coefficient (Wildman–Crippen LogP) is 2.31. The number of hydrogen-bond acceptors (Lipinski definition) is 3. The summed E-state index contributed by atoms with van der Waals surface area (Å²) >= 11 is 1.90. The van der Waals surface area contributed by atoms with Crippen molar-refractivity contribution in [2.45, 2.75) is 33.0 Å². The number of nitrogens with zero attached hydrogens (tertiary/aromatic N) is 1. The molecule has 0 fully saturated rings. The number of hydrogen-bond donors (Lipinski definition) is 1. The van der Waals surface area contributed by atoms with Crippen molar-refractivity contribution in [2.75, 3.05) is 14.1 Å². The molecule has 1 N–H and O–H groups in total. The lowest BCUT2D eigenvalue weighted by Crippen LogP contribution is -2.25. The van der Waals surface area contributed by atoms with Crippen molar-refractivity contribution >= 4 is 11.3 Å². The van der Waals surface area contributed by atoms with E-state index in [4.69, 9.17) is 0 Å². The molecule has 0 unspecified atom stereocenters. The van der Waals surface area contributed by atoms with E-state index >= 15 is 0 Å². The summed E-state index contributed by atoms with van der Waals surface area (Å²) in [4.78, 5) is 5.22. The van der Waals surface area contributed by atoms with Crippen molar-refractivity contribution in [3.8, 4) is 0 Å². The van der Waals surface area contributed by atoms with Gasteiger partial charge < -0.3 is 5.32 Å². The van der Waals surface area contributed by atoms with E-state index in [1.165, 1.54) is 9.75 Å². The van der Waals surface area contributed by atoms with Crippen molar-refractivity contribution in [1.29, 1.82) is 0 Å². The summed E-state index contributed by atoms with van der Waals surface area (Å²) in [6.45, 7) is 6.49. The molecule has 3 heteroatoms. The van der Waals surface area contributed by atoms with Crippen molar-refractivity contribution in [1.82, 2.24) is 10.2 Å². The molecule has 0 atom stereocenters. The Morgan fingerprint density at radius 1 is 1.36 bits per heavy atom. The smallest absolute Gasteiger partial charge is 0.0327 e. The van der Waals surface area contributed by atoms with Gasteiger partial charge in [-0.1, -0.05) is 0 Å². The molecule has 0 radical (unpaired) electrons. The summed E-state index contributed by atoms with van der Waals surface area (Å²) in [7, 11) is 4.15. The van der Waals surface area contributed by atoms with Gasteiger partial charge in [0.15, 0.2) is 0 Å². The molecule has 1 aromatic rings. The molecule has 1 heterocycles. The standard InChI is InChI=1S/C11H20N2S/c1-9(2)13(4)8-11-6-5-10(14-11)7-12-3/h5-6,9,12H,7-8H2,1-4H3. The summed E-state index contributed by atoms with van der Waals surface area (Å²) < 4.78 is 0. The highest BCUT2D eigenvalue weighted by molar-refractivity contribution is 7.11. The van der Waals surface area contributed by atoms with Crippen LogP contribution >= 0.6 is 11.3 Å². The molecule has 0 amide bonds. The second-order valence-corrected chi connectivity index (χ2v) is 5.16. The van der Waals surface area contributed by atoms with Crippen LogP contribution in [-0.4, -0.2) is 25.0 Å². The van der Waals surface area contributed by atoms with Gasteiger partial charge in [-0.25, -0.2) is 0 Å². The molecule has 2 nitrogen and oxygen atoms in total. The topological polar surface area (TPSA) is 15.3 Å². The molecular weight excluding hydrogens is 192 g/mol.